The maximum Gasteiger partial charge on any atom is 0.0524 e. The van der Waals surface area contributed by atoms with Crippen molar-refractivity contribution < 1.29 is 5.11 Å². The molecule has 0 spiro atoms. The van der Waals surface area contributed by atoms with Gasteiger partial charge in [-0.1, -0.05) is 0 Å². The Hall–Kier alpha value is -0.520. The molecule has 0 aliphatic carbocycles. The molecule has 0 heterocycles. The average Bonchev–Trinajstić information content (AvgIpc) is 1.96. The molecular weight excluding hydrogens is 138 g/mol. The number of aliphatic hydroxyl groups is 1. The van der Waals surface area contributed by atoms with E-state index in [1.54, 1.807) is 6.92 Å². The molecule has 0 radical (unpaired) electrons. The highest BCUT2D eigenvalue weighted by atomic mass is 16.3. The maximum absolute atomic E-state index is 8.89. The van der Waals surface area contributed by atoms with E-state index in [-0.39, 0.29) is 6.10 Å². The third-order valence-corrected chi connectivity index (χ3v) is 1.34. The fourth-order valence-electron chi connectivity index (χ4n) is 0.712. The van der Waals surface area contributed by atoms with Crippen LogP contribution >= 0.6 is 0 Å². The lowest BCUT2D eigenvalue weighted by Gasteiger charge is -2.03. The first-order valence-corrected chi connectivity index (χ1v) is 4.05. The standard InChI is InChI=1S/C9H17NO/c1-3-4-5-7-10-8-6-9(2)11/h9-11H,5-8H2,1-2H3. The van der Waals surface area contributed by atoms with E-state index in [2.05, 4.69) is 17.2 Å². The number of hydrogen-bond donors (Lipinski definition) is 2. The molecule has 0 aromatic rings. The highest BCUT2D eigenvalue weighted by molar-refractivity contribution is 4.94. The van der Waals surface area contributed by atoms with Crippen molar-refractivity contribution >= 4 is 0 Å². The van der Waals surface area contributed by atoms with Gasteiger partial charge in [0.25, 0.3) is 0 Å². The zero-order valence-corrected chi connectivity index (χ0v) is 7.35. The molecule has 0 amide bonds. The fraction of sp³-hybridized carbons (Fsp3) is 0.778. The number of hydrogen-bond acceptors (Lipinski definition) is 2. The summed E-state index contributed by atoms with van der Waals surface area (Å²) in [6, 6.07) is 0. The molecule has 0 aliphatic rings. The third-order valence-electron chi connectivity index (χ3n) is 1.34. The van der Waals surface area contributed by atoms with Crippen LogP contribution in [0.1, 0.15) is 26.7 Å². The second-order valence-electron chi connectivity index (χ2n) is 2.56. The molecule has 1 unspecified atom stereocenters. The fourth-order valence-corrected chi connectivity index (χ4v) is 0.712. The Morgan fingerprint density at radius 2 is 2.18 bits per heavy atom. The van der Waals surface area contributed by atoms with E-state index in [0.717, 1.165) is 25.9 Å². The zero-order valence-electron chi connectivity index (χ0n) is 7.35. The molecule has 0 rings (SSSR count). The van der Waals surface area contributed by atoms with Gasteiger partial charge < -0.3 is 10.4 Å². The zero-order chi connectivity index (χ0) is 8.53. The van der Waals surface area contributed by atoms with Crippen molar-refractivity contribution in [1.29, 1.82) is 0 Å². The Bertz CT molecular complexity index is 132. The number of nitrogens with one attached hydrogen (secondary N) is 1. The Labute approximate surface area is 69.0 Å². The van der Waals surface area contributed by atoms with Gasteiger partial charge in [0, 0.05) is 13.0 Å². The summed E-state index contributed by atoms with van der Waals surface area (Å²) in [5, 5.41) is 12.1. The number of aliphatic hydroxyl groups excluding tert-OH is 1. The van der Waals surface area contributed by atoms with Gasteiger partial charge in [-0.3, -0.25) is 0 Å². The quantitative estimate of drug-likeness (QED) is 0.454. The topological polar surface area (TPSA) is 32.3 Å². The number of rotatable bonds is 5. The molecule has 0 aromatic heterocycles. The van der Waals surface area contributed by atoms with Crippen molar-refractivity contribution in [3.05, 3.63) is 0 Å². The second kappa shape index (κ2) is 7.59. The average molecular weight is 155 g/mol. The maximum atomic E-state index is 8.89. The van der Waals surface area contributed by atoms with Crippen LogP contribution in [0.4, 0.5) is 0 Å². The Balaban J connectivity index is 2.95. The van der Waals surface area contributed by atoms with Crippen LogP contribution in [0.2, 0.25) is 0 Å². The van der Waals surface area contributed by atoms with E-state index < -0.39 is 0 Å². The first-order valence-electron chi connectivity index (χ1n) is 4.05. The summed E-state index contributed by atoms with van der Waals surface area (Å²) in [6.07, 6.45) is 1.52. The van der Waals surface area contributed by atoms with Crippen LogP contribution in [0.5, 0.6) is 0 Å². The van der Waals surface area contributed by atoms with Crippen molar-refractivity contribution in [2.24, 2.45) is 0 Å². The highest BCUT2D eigenvalue weighted by Gasteiger charge is 1.92. The highest BCUT2D eigenvalue weighted by Crippen LogP contribution is 1.85. The lowest BCUT2D eigenvalue weighted by molar-refractivity contribution is 0.184. The molecule has 0 aromatic carbocycles. The van der Waals surface area contributed by atoms with Gasteiger partial charge in [-0.15, -0.1) is 11.8 Å². The van der Waals surface area contributed by atoms with Crippen LogP contribution < -0.4 is 5.32 Å². The van der Waals surface area contributed by atoms with Crippen LogP contribution in [-0.4, -0.2) is 24.3 Å². The van der Waals surface area contributed by atoms with E-state index in [1.165, 1.54) is 0 Å². The van der Waals surface area contributed by atoms with Gasteiger partial charge in [0.2, 0.25) is 0 Å². The molecule has 2 nitrogen and oxygen atoms in total. The molecule has 2 N–H and O–H groups in total. The first kappa shape index (κ1) is 10.5. The van der Waals surface area contributed by atoms with Crippen molar-refractivity contribution in [1.82, 2.24) is 5.32 Å². The smallest absolute Gasteiger partial charge is 0.0524 e. The Morgan fingerprint density at radius 1 is 1.45 bits per heavy atom. The van der Waals surface area contributed by atoms with Crippen molar-refractivity contribution in [3.8, 4) is 11.8 Å². The summed E-state index contributed by atoms with van der Waals surface area (Å²) in [5.74, 6) is 5.79. The van der Waals surface area contributed by atoms with E-state index in [0.29, 0.717) is 0 Å². The van der Waals surface area contributed by atoms with E-state index in [1.807, 2.05) is 6.92 Å². The van der Waals surface area contributed by atoms with Crippen LogP contribution in [0, 0.1) is 11.8 Å². The SMILES string of the molecule is CC#CCCNCCC(C)O. The summed E-state index contributed by atoms with van der Waals surface area (Å²) in [5.41, 5.74) is 0. The third kappa shape index (κ3) is 9.48. The van der Waals surface area contributed by atoms with Crippen LogP contribution in [0.15, 0.2) is 0 Å². The molecule has 64 valence electrons. The molecule has 1 atom stereocenters. The van der Waals surface area contributed by atoms with Crippen LogP contribution in [0.3, 0.4) is 0 Å². The van der Waals surface area contributed by atoms with Gasteiger partial charge in [0.15, 0.2) is 0 Å². The summed E-state index contributed by atoms with van der Waals surface area (Å²) < 4.78 is 0. The predicted molar refractivity (Wildman–Crippen MR) is 47.2 cm³/mol. The predicted octanol–water partition coefficient (Wildman–Crippen LogP) is 0.760. The summed E-state index contributed by atoms with van der Waals surface area (Å²) in [7, 11) is 0. The van der Waals surface area contributed by atoms with Gasteiger partial charge >= 0.3 is 0 Å². The summed E-state index contributed by atoms with van der Waals surface area (Å²) in [6.45, 7) is 5.44. The van der Waals surface area contributed by atoms with Gasteiger partial charge in [-0.2, -0.15) is 0 Å². The van der Waals surface area contributed by atoms with Gasteiger partial charge in [0.05, 0.1) is 6.10 Å². The van der Waals surface area contributed by atoms with Crippen molar-refractivity contribution in [3.63, 3.8) is 0 Å². The molecule has 11 heavy (non-hydrogen) atoms. The summed E-state index contributed by atoms with van der Waals surface area (Å²) in [4.78, 5) is 0. The van der Waals surface area contributed by atoms with Gasteiger partial charge in [-0.05, 0) is 26.8 Å². The van der Waals surface area contributed by atoms with E-state index in [9.17, 15) is 0 Å². The molecule has 0 saturated carbocycles. The van der Waals surface area contributed by atoms with E-state index >= 15 is 0 Å². The second-order valence-corrected chi connectivity index (χ2v) is 2.56. The molecular formula is C9H17NO. The molecule has 0 fully saturated rings. The van der Waals surface area contributed by atoms with Crippen molar-refractivity contribution in [2.75, 3.05) is 13.1 Å². The summed E-state index contributed by atoms with van der Waals surface area (Å²) >= 11 is 0. The minimum atomic E-state index is -0.195. The molecule has 2 heteroatoms. The van der Waals surface area contributed by atoms with Crippen molar-refractivity contribution in [2.45, 2.75) is 32.8 Å². The first-order chi connectivity index (χ1) is 5.27. The minimum absolute atomic E-state index is 0.195. The van der Waals surface area contributed by atoms with Crippen LogP contribution in [-0.2, 0) is 0 Å². The van der Waals surface area contributed by atoms with Crippen LogP contribution in [0.25, 0.3) is 0 Å². The monoisotopic (exact) mass is 155 g/mol. The van der Waals surface area contributed by atoms with E-state index in [4.69, 9.17) is 5.11 Å². The molecule has 0 aliphatic heterocycles. The molecule has 0 bridgehead atoms. The normalized spacial score (nSPS) is 11.9. The Morgan fingerprint density at radius 3 is 2.73 bits per heavy atom. The largest absolute Gasteiger partial charge is 0.393 e. The Kier molecular flexibility index (Phi) is 7.23. The van der Waals surface area contributed by atoms with Gasteiger partial charge in [-0.25, -0.2) is 0 Å². The molecule has 0 saturated heterocycles. The lowest BCUT2D eigenvalue weighted by atomic mass is 10.3. The lowest BCUT2D eigenvalue weighted by Crippen LogP contribution is -2.19. The minimum Gasteiger partial charge on any atom is -0.393 e. The van der Waals surface area contributed by atoms with Gasteiger partial charge in [0.1, 0.15) is 0 Å².